The highest BCUT2D eigenvalue weighted by molar-refractivity contribution is 7.85. The molecule has 0 saturated heterocycles. The van der Waals surface area contributed by atoms with E-state index in [9.17, 15) is 13.8 Å². The summed E-state index contributed by atoms with van der Waals surface area (Å²) in [6.45, 7) is 3.20. The van der Waals surface area contributed by atoms with Crippen LogP contribution in [0.25, 0.3) is 0 Å². The van der Waals surface area contributed by atoms with E-state index < -0.39 is 28.8 Å². The van der Waals surface area contributed by atoms with E-state index >= 15 is 0 Å². The number of carbonyl (C=O) groups is 2. The first kappa shape index (κ1) is 19.3. The maximum atomic E-state index is 12.4. The van der Waals surface area contributed by atoms with Gasteiger partial charge in [-0.1, -0.05) is 25.1 Å². The van der Waals surface area contributed by atoms with Crippen molar-refractivity contribution < 1.29 is 18.5 Å². The third kappa shape index (κ3) is 4.77. The van der Waals surface area contributed by atoms with Crippen LogP contribution >= 0.6 is 0 Å². The molecule has 2 aromatic rings. The second-order valence-corrected chi connectivity index (χ2v) is 7.07. The summed E-state index contributed by atoms with van der Waals surface area (Å²) in [6.07, 6.45) is -1.06. The van der Waals surface area contributed by atoms with E-state index in [0.717, 1.165) is 0 Å². The molecule has 0 aliphatic heterocycles. The van der Waals surface area contributed by atoms with Gasteiger partial charge >= 0.3 is 5.97 Å². The van der Waals surface area contributed by atoms with E-state index in [1.165, 1.54) is 19.1 Å². The average molecular weight is 370 g/mol. The standard InChI is InChI=1S/C19H18N2O4S/c1-3-26(24)17-10-5-4-9-16(17)19(23)25-13(2)18(22)21-15-8-6-7-14(11-15)12-20/h4-11,13H,3H2,1-2H3,(H,21,22)/t13-,26-/m1/s1. The van der Waals surface area contributed by atoms with E-state index in [2.05, 4.69) is 5.32 Å². The lowest BCUT2D eigenvalue weighted by Gasteiger charge is -2.15. The van der Waals surface area contributed by atoms with Crippen LogP contribution in [0.4, 0.5) is 5.69 Å². The molecular weight excluding hydrogens is 352 g/mol. The third-order valence-corrected chi connectivity index (χ3v) is 4.90. The fourth-order valence-corrected chi connectivity index (χ4v) is 3.12. The molecule has 134 valence electrons. The number of carbonyl (C=O) groups excluding carboxylic acids is 2. The first-order chi connectivity index (χ1) is 12.5. The van der Waals surface area contributed by atoms with Gasteiger partial charge in [-0.25, -0.2) is 4.79 Å². The van der Waals surface area contributed by atoms with Crippen LogP contribution in [0.2, 0.25) is 0 Å². The smallest absolute Gasteiger partial charge is 0.340 e. The van der Waals surface area contributed by atoms with Crippen molar-refractivity contribution in [3.63, 3.8) is 0 Å². The highest BCUT2D eigenvalue weighted by Gasteiger charge is 2.22. The molecule has 2 aromatic carbocycles. The largest absolute Gasteiger partial charge is 0.449 e. The van der Waals surface area contributed by atoms with E-state index in [1.54, 1.807) is 43.3 Å². The predicted molar refractivity (Wildman–Crippen MR) is 98.1 cm³/mol. The summed E-state index contributed by atoms with van der Waals surface area (Å²) in [4.78, 5) is 25.0. The molecule has 1 N–H and O–H groups in total. The van der Waals surface area contributed by atoms with Crippen LogP contribution in [0.1, 0.15) is 29.8 Å². The Kier molecular flexibility index (Phi) is 6.64. The summed E-state index contributed by atoms with van der Waals surface area (Å²) in [5.74, 6) is -0.867. The molecule has 0 fully saturated rings. The number of benzene rings is 2. The number of anilines is 1. The Hall–Kier alpha value is -2.98. The second kappa shape index (κ2) is 8.92. The number of nitriles is 1. The molecule has 26 heavy (non-hydrogen) atoms. The highest BCUT2D eigenvalue weighted by atomic mass is 32.2. The fraction of sp³-hybridized carbons (Fsp3) is 0.211. The highest BCUT2D eigenvalue weighted by Crippen LogP contribution is 2.16. The second-order valence-electron chi connectivity index (χ2n) is 5.36. The fourth-order valence-electron chi connectivity index (χ4n) is 2.18. The number of nitrogens with one attached hydrogen (secondary N) is 1. The molecule has 0 aliphatic rings. The van der Waals surface area contributed by atoms with E-state index in [-0.39, 0.29) is 5.56 Å². The van der Waals surface area contributed by atoms with Gasteiger partial charge in [-0.2, -0.15) is 5.26 Å². The zero-order valence-corrected chi connectivity index (χ0v) is 15.2. The van der Waals surface area contributed by atoms with Crippen LogP contribution in [0.5, 0.6) is 0 Å². The van der Waals surface area contributed by atoms with E-state index in [1.807, 2.05) is 6.07 Å². The van der Waals surface area contributed by atoms with Gasteiger partial charge in [-0.3, -0.25) is 9.00 Å². The molecule has 7 heteroatoms. The lowest BCUT2D eigenvalue weighted by Crippen LogP contribution is -2.30. The lowest BCUT2D eigenvalue weighted by atomic mass is 10.2. The molecule has 0 aliphatic carbocycles. The Morgan fingerprint density at radius 3 is 2.65 bits per heavy atom. The van der Waals surface area contributed by atoms with Crippen LogP contribution in [0.3, 0.4) is 0 Å². The number of rotatable bonds is 6. The van der Waals surface area contributed by atoms with Crippen molar-refractivity contribution in [2.24, 2.45) is 0 Å². The summed E-state index contributed by atoms with van der Waals surface area (Å²) in [5, 5.41) is 11.5. The maximum absolute atomic E-state index is 12.4. The number of hydrogen-bond donors (Lipinski definition) is 1. The van der Waals surface area contributed by atoms with Crippen molar-refractivity contribution in [2.45, 2.75) is 24.8 Å². The molecule has 0 radical (unpaired) electrons. The van der Waals surface area contributed by atoms with Crippen molar-refractivity contribution in [3.05, 3.63) is 59.7 Å². The van der Waals surface area contributed by atoms with Crippen molar-refractivity contribution in [1.29, 1.82) is 5.26 Å². The first-order valence-corrected chi connectivity index (χ1v) is 9.27. The van der Waals surface area contributed by atoms with Crippen molar-refractivity contribution in [1.82, 2.24) is 0 Å². The minimum atomic E-state index is -1.32. The number of amides is 1. The van der Waals surface area contributed by atoms with E-state index in [0.29, 0.717) is 21.9 Å². The minimum absolute atomic E-state index is 0.179. The summed E-state index contributed by atoms with van der Waals surface area (Å²) in [5.41, 5.74) is 1.02. The van der Waals surface area contributed by atoms with Crippen LogP contribution in [-0.2, 0) is 20.3 Å². The van der Waals surface area contributed by atoms with Crippen molar-refractivity contribution in [2.75, 3.05) is 11.1 Å². The minimum Gasteiger partial charge on any atom is -0.449 e. The van der Waals surface area contributed by atoms with Gasteiger partial charge in [0.05, 0.1) is 32.9 Å². The van der Waals surface area contributed by atoms with Gasteiger partial charge in [0.1, 0.15) is 0 Å². The number of esters is 1. The third-order valence-electron chi connectivity index (χ3n) is 3.53. The Labute approximate surface area is 154 Å². The van der Waals surface area contributed by atoms with Gasteiger partial charge in [0, 0.05) is 11.4 Å². The zero-order chi connectivity index (χ0) is 19.1. The molecule has 0 bridgehead atoms. The Bertz CT molecular complexity index is 889. The van der Waals surface area contributed by atoms with E-state index in [4.69, 9.17) is 10.00 Å². The molecule has 0 aromatic heterocycles. The van der Waals surface area contributed by atoms with Gasteiger partial charge in [0.25, 0.3) is 5.91 Å². The summed E-state index contributed by atoms with van der Waals surface area (Å²) in [6, 6.07) is 14.8. The SMILES string of the molecule is CC[S@@](=O)c1ccccc1C(=O)O[C@H](C)C(=O)Nc1cccc(C#N)c1. The normalized spacial score (nSPS) is 12.5. The summed E-state index contributed by atoms with van der Waals surface area (Å²) in [7, 11) is -1.32. The Morgan fingerprint density at radius 2 is 1.96 bits per heavy atom. The molecule has 2 atom stereocenters. The van der Waals surface area contributed by atoms with Gasteiger partial charge in [0.2, 0.25) is 0 Å². The van der Waals surface area contributed by atoms with Crippen molar-refractivity contribution >= 4 is 28.4 Å². The van der Waals surface area contributed by atoms with Gasteiger partial charge in [-0.05, 0) is 37.3 Å². The first-order valence-electron chi connectivity index (χ1n) is 7.95. The topological polar surface area (TPSA) is 96.3 Å². The van der Waals surface area contributed by atoms with Gasteiger partial charge < -0.3 is 10.1 Å². The summed E-state index contributed by atoms with van der Waals surface area (Å²) < 4.78 is 17.3. The molecule has 0 unspecified atom stereocenters. The molecule has 0 spiro atoms. The number of nitrogens with zero attached hydrogens (tertiary/aromatic N) is 1. The van der Waals surface area contributed by atoms with Crippen LogP contribution in [-0.4, -0.2) is 27.9 Å². The van der Waals surface area contributed by atoms with Gasteiger partial charge in [0.15, 0.2) is 6.10 Å². The average Bonchev–Trinajstić information content (AvgIpc) is 2.67. The molecule has 2 rings (SSSR count). The molecule has 6 nitrogen and oxygen atoms in total. The monoisotopic (exact) mass is 370 g/mol. The quantitative estimate of drug-likeness (QED) is 0.789. The summed E-state index contributed by atoms with van der Waals surface area (Å²) >= 11 is 0. The lowest BCUT2D eigenvalue weighted by molar-refractivity contribution is -0.123. The Balaban J connectivity index is 2.08. The zero-order valence-electron chi connectivity index (χ0n) is 14.4. The van der Waals surface area contributed by atoms with Crippen molar-refractivity contribution in [3.8, 4) is 6.07 Å². The number of ether oxygens (including phenoxy) is 1. The van der Waals surface area contributed by atoms with Crippen LogP contribution in [0.15, 0.2) is 53.4 Å². The number of hydrogen-bond acceptors (Lipinski definition) is 5. The van der Waals surface area contributed by atoms with Gasteiger partial charge in [-0.15, -0.1) is 0 Å². The maximum Gasteiger partial charge on any atom is 0.340 e. The van der Waals surface area contributed by atoms with Crippen LogP contribution in [0, 0.1) is 11.3 Å². The molecule has 1 amide bonds. The Morgan fingerprint density at radius 1 is 1.23 bits per heavy atom. The molecule has 0 heterocycles. The molecular formula is C19H18N2O4S. The molecule has 0 saturated carbocycles. The predicted octanol–water partition coefficient (Wildman–Crippen LogP) is 2.87. The van der Waals surface area contributed by atoms with Crippen LogP contribution < -0.4 is 5.32 Å².